The molecule has 0 saturated carbocycles. The molecule has 4 heteroatoms. The normalized spacial score (nSPS) is 13.8. The molecule has 0 aromatic heterocycles. The van der Waals surface area contributed by atoms with Crippen molar-refractivity contribution in [3.8, 4) is 0 Å². The van der Waals surface area contributed by atoms with Crippen LogP contribution in [0.1, 0.15) is 30.4 Å². The molecule has 0 aliphatic rings. The summed E-state index contributed by atoms with van der Waals surface area (Å²) < 4.78 is 23.1. The van der Waals surface area contributed by atoms with Crippen molar-refractivity contribution in [1.29, 1.82) is 0 Å². The zero-order valence-electron chi connectivity index (χ0n) is 10.0. The predicted octanol–water partition coefficient (Wildman–Crippen LogP) is 1.85. The van der Waals surface area contributed by atoms with E-state index in [1.807, 2.05) is 19.1 Å². The Bertz CT molecular complexity index is 466. The molecule has 90 valence electrons. The second-order valence-electron chi connectivity index (χ2n) is 4.28. The summed E-state index contributed by atoms with van der Waals surface area (Å²) in [4.78, 5) is 0.425. The fourth-order valence-corrected chi connectivity index (χ4v) is 2.74. The van der Waals surface area contributed by atoms with E-state index in [9.17, 15) is 8.42 Å². The number of nitrogens with two attached hydrogens (primary N) is 1. The van der Waals surface area contributed by atoms with Crippen molar-refractivity contribution in [1.82, 2.24) is 0 Å². The Kier molecular flexibility index (Phi) is 4.10. The minimum Gasteiger partial charge on any atom is -0.330 e. The van der Waals surface area contributed by atoms with Crippen LogP contribution in [-0.2, 0) is 9.84 Å². The zero-order chi connectivity index (χ0) is 12.3. The number of hydrogen-bond donors (Lipinski definition) is 1. The third kappa shape index (κ3) is 3.06. The van der Waals surface area contributed by atoms with Crippen LogP contribution in [0.2, 0.25) is 0 Å². The molecule has 0 spiro atoms. The van der Waals surface area contributed by atoms with Gasteiger partial charge in [0.05, 0.1) is 4.90 Å². The van der Waals surface area contributed by atoms with Gasteiger partial charge in [-0.1, -0.05) is 19.1 Å². The maximum Gasteiger partial charge on any atom is 0.175 e. The molecule has 1 rings (SSSR count). The van der Waals surface area contributed by atoms with Gasteiger partial charge in [0.15, 0.2) is 9.84 Å². The second-order valence-corrected chi connectivity index (χ2v) is 6.26. The topological polar surface area (TPSA) is 60.2 Å². The van der Waals surface area contributed by atoms with Gasteiger partial charge in [-0.15, -0.1) is 0 Å². The van der Waals surface area contributed by atoms with Crippen LogP contribution in [0.4, 0.5) is 0 Å². The first kappa shape index (κ1) is 13.2. The van der Waals surface area contributed by atoms with Crippen LogP contribution in [0.5, 0.6) is 0 Å². The Morgan fingerprint density at radius 2 is 2.00 bits per heavy atom. The summed E-state index contributed by atoms with van der Waals surface area (Å²) in [6, 6.07) is 5.61. The lowest BCUT2D eigenvalue weighted by molar-refractivity contribution is 0.600. The van der Waals surface area contributed by atoms with Crippen molar-refractivity contribution < 1.29 is 8.42 Å². The van der Waals surface area contributed by atoms with E-state index in [0.29, 0.717) is 17.4 Å². The first-order chi connectivity index (χ1) is 7.36. The lowest BCUT2D eigenvalue weighted by Gasteiger charge is -2.13. The Morgan fingerprint density at radius 3 is 2.50 bits per heavy atom. The van der Waals surface area contributed by atoms with Crippen molar-refractivity contribution in [3.05, 3.63) is 29.3 Å². The van der Waals surface area contributed by atoms with Crippen LogP contribution < -0.4 is 5.73 Å². The molecule has 2 N–H and O–H groups in total. The minimum absolute atomic E-state index is 0.297. The van der Waals surface area contributed by atoms with Crippen molar-refractivity contribution >= 4 is 9.84 Å². The molecular formula is C12H19NO2S. The first-order valence-corrected chi connectivity index (χ1v) is 7.26. The van der Waals surface area contributed by atoms with Gasteiger partial charge in [0.2, 0.25) is 0 Å². The number of hydrogen-bond acceptors (Lipinski definition) is 3. The van der Waals surface area contributed by atoms with Crippen LogP contribution in [0, 0.1) is 6.92 Å². The Labute approximate surface area is 97.6 Å². The first-order valence-electron chi connectivity index (χ1n) is 5.37. The predicted molar refractivity (Wildman–Crippen MR) is 66.4 cm³/mol. The largest absolute Gasteiger partial charge is 0.330 e. The molecule has 3 nitrogen and oxygen atoms in total. The van der Waals surface area contributed by atoms with Crippen LogP contribution in [0.3, 0.4) is 0 Å². The third-order valence-electron chi connectivity index (χ3n) is 2.78. The smallest absolute Gasteiger partial charge is 0.175 e. The molecule has 0 radical (unpaired) electrons. The molecule has 0 fully saturated rings. The summed E-state index contributed by atoms with van der Waals surface area (Å²) in [5, 5.41) is 0. The molecule has 0 aliphatic heterocycles. The van der Waals surface area contributed by atoms with E-state index in [2.05, 4.69) is 6.92 Å². The monoisotopic (exact) mass is 241 g/mol. The summed E-state index contributed by atoms with van der Waals surface area (Å²) in [6.45, 7) is 4.49. The van der Waals surface area contributed by atoms with Gasteiger partial charge < -0.3 is 5.73 Å². The van der Waals surface area contributed by atoms with Crippen LogP contribution in [-0.4, -0.2) is 21.2 Å². The molecule has 0 amide bonds. The fraction of sp³-hybridized carbons (Fsp3) is 0.500. The van der Waals surface area contributed by atoms with Gasteiger partial charge in [-0.05, 0) is 43.0 Å². The molecule has 0 heterocycles. The highest BCUT2D eigenvalue weighted by molar-refractivity contribution is 7.90. The zero-order valence-corrected chi connectivity index (χ0v) is 10.8. The molecular weight excluding hydrogens is 222 g/mol. The van der Waals surface area contributed by atoms with Gasteiger partial charge in [0.1, 0.15) is 0 Å². The van der Waals surface area contributed by atoms with Gasteiger partial charge in [0, 0.05) is 6.26 Å². The van der Waals surface area contributed by atoms with Gasteiger partial charge in [-0.3, -0.25) is 0 Å². The summed E-state index contributed by atoms with van der Waals surface area (Å²) in [5.41, 5.74) is 7.34. The Morgan fingerprint density at radius 1 is 1.38 bits per heavy atom. The third-order valence-corrected chi connectivity index (χ3v) is 4.02. The Balaban J connectivity index is 3.18. The summed E-state index contributed by atoms with van der Waals surface area (Å²) in [6.07, 6.45) is 2.11. The standard InChI is InChI=1S/C12H19NO2S/c1-9(6-7-13)11-5-4-10(2)12(8-11)16(3,14)15/h4-5,8-9H,6-7,13H2,1-3H3. The van der Waals surface area contributed by atoms with E-state index < -0.39 is 9.84 Å². The summed E-state index contributed by atoms with van der Waals surface area (Å²) >= 11 is 0. The minimum atomic E-state index is -3.14. The van der Waals surface area contributed by atoms with Crippen molar-refractivity contribution in [2.75, 3.05) is 12.8 Å². The lowest BCUT2D eigenvalue weighted by Crippen LogP contribution is -2.06. The summed E-state index contributed by atoms with van der Waals surface area (Å²) in [7, 11) is -3.14. The number of benzene rings is 1. The van der Waals surface area contributed by atoms with E-state index in [1.165, 1.54) is 6.26 Å². The molecule has 0 saturated heterocycles. The van der Waals surface area contributed by atoms with Crippen molar-refractivity contribution in [3.63, 3.8) is 0 Å². The number of aryl methyl sites for hydroxylation is 1. The molecule has 1 unspecified atom stereocenters. The second kappa shape index (κ2) is 4.97. The molecule has 0 bridgehead atoms. The van der Waals surface area contributed by atoms with E-state index in [0.717, 1.165) is 17.5 Å². The van der Waals surface area contributed by atoms with Crippen LogP contribution in [0.15, 0.2) is 23.1 Å². The van der Waals surface area contributed by atoms with Crippen molar-refractivity contribution in [2.24, 2.45) is 5.73 Å². The van der Waals surface area contributed by atoms with Gasteiger partial charge in [-0.25, -0.2) is 8.42 Å². The maximum absolute atomic E-state index is 11.6. The molecule has 16 heavy (non-hydrogen) atoms. The Hall–Kier alpha value is -0.870. The summed E-state index contributed by atoms with van der Waals surface area (Å²) in [5.74, 6) is 0.297. The molecule has 1 aromatic rings. The lowest BCUT2D eigenvalue weighted by atomic mass is 9.97. The molecule has 0 aliphatic carbocycles. The highest BCUT2D eigenvalue weighted by Crippen LogP contribution is 2.24. The molecule has 1 aromatic carbocycles. The van der Waals surface area contributed by atoms with Gasteiger partial charge in [-0.2, -0.15) is 0 Å². The quantitative estimate of drug-likeness (QED) is 0.875. The number of rotatable bonds is 4. The highest BCUT2D eigenvalue weighted by atomic mass is 32.2. The number of sulfone groups is 1. The van der Waals surface area contributed by atoms with Crippen molar-refractivity contribution in [2.45, 2.75) is 31.1 Å². The van der Waals surface area contributed by atoms with E-state index in [-0.39, 0.29) is 0 Å². The highest BCUT2D eigenvalue weighted by Gasteiger charge is 2.13. The molecule has 1 atom stereocenters. The van der Waals surface area contributed by atoms with Gasteiger partial charge >= 0.3 is 0 Å². The van der Waals surface area contributed by atoms with E-state index >= 15 is 0 Å². The fourth-order valence-electron chi connectivity index (χ4n) is 1.74. The average Bonchev–Trinajstić information content (AvgIpc) is 2.16. The van der Waals surface area contributed by atoms with Gasteiger partial charge in [0.25, 0.3) is 0 Å². The average molecular weight is 241 g/mol. The van der Waals surface area contributed by atoms with E-state index in [4.69, 9.17) is 5.73 Å². The van der Waals surface area contributed by atoms with Crippen LogP contribution >= 0.6 is 0 Å². The SMILES string of the molecule is Cc1ccc(C(C)CCN)cc1S(C)(=O)=O. The van der Waals surface area contributed by atoms with Crippen LogP contribution in [0.25, 0.3) is 0 Å². The maximum atomic E-state index is 11.6. The van der Waals surface area contributed by atoms with E-state index in [1.54, 1.807) is 6.07 Å².